The topological polar surface area (TPSA) is 74.3 Å². The van der Waals surface area contributed by atoms with Gasteiger partial charge in [0.15, 0.2) is 0 Å². The SMILES string of the molecule is N=C(N)c1ccc(C#Cc2cccc(C#Cc3ccc(C4=NCCN4)cc3)c2)cc1. The Labute approximate surface area is 176 Å². The minimum Gasteiger partial charge on any atom is -0.384 e. The number of nitrogen functional groups attached to an aromatic ring is 1. The zero-order valence-electron chi connectivity index (χ0n) is 16.4. The van der Waals surface area contributed by atoms with Crippen LogP contribution in [0.1, 0.15) is 33.4 Å². The first-order chi connectivity index (χ1) is 14.7. The highest BCUT2D eigenvalue weighted by Crippen LogP contribution is 2.08. The number of hydrogen-bond donors (Lipinski definition) is 3. The van der Waals surface area contributed by atoms with Crippen LogP contribution in [0.15, 0.2) is 77.8 Å². The fraction of sp³-hybridized carbons (Fsp3) is 0.0769. The van der Waals surface area contributed by atoms with Crippen molar-refractivity contribution in [2.45, 2.75) is 0 Å². The Bertz CT molecular complexity index is 1230. The monoisotopic (exact) mass is 388 g/mol. The van der Waals surface area contributed by atoms with Gasteiger partial charge in [0.2, 0.25) is 0 Å². The molecule has 4 rings (SSSR count). The van der Waals surface area contributed by atoms with Gasteiger partial charge in [-0.2, -0.15) is 0 Å². The molecule has 0 aromatic heterocycles. The Morgan fingerprint density at radius 1 is 0.800 bits per heavy atom. The van der Waals surface area contributed by atoms with Crippen molar-refractivity contribution in [2.75, 3.05) is 13.1 Å². The number of nitrogens with one attached hydrogen (secondary N) is 2. The summed E-state index contributed by atoms with van der Waals surface area (Å²) >= 11 is 0. The average molecular weight is 388 g/mol. The van der Waals surface area contributed by atoms with Crippen LogP contribution < -0.4 is 11.1 Å². The molecule has 4 nitrogen and oxygen atoms in total. The maximum absolute atomic E-state index is 7.44. The molecule has 0 aliphatic carbocycles. The van der Waals surface area contributed by atoms with Gasteiger partial charge in [-0.05, 0) is 42.5 Å². The molecule has 0 atom stereocenters. The summed E-state index contributed by atoms with van der Waals surface area (Å²) in [5, 5.41) is 10.7. The summed E-state index contributed by atoms with van der Waals surface area (Å²) in [5.41, 5.74) is 10.9. The Morgan fingerprint density at radius 2 is 1.37 bits per heavy atom. The minimum atomic E-state index is 0.0550. The molecule has 1 aliphatic rings. The van der Waals surface area contributed by atoms with Crippen molar-refractivity contribution in [2.24, 2.45) is 10.7 Å². The first kappa shape index (κ1) is 19.1. The van der Waals surface area contributed by atoms with Crippen molar-refractivity contribution in [3.63, 3.8) is 0 Å². The van der Waals surface area contributed by atoms with Gasteiger partial charge < -0.3 is 11.1 Å². The van der Waals surface area contributed by atoms with Crippen molar-refractivity contribution < 1.29 is 0 Å². The minimum absolute atomic E-state index is 0.0550. The van der Waals surface area contributed by atoms with E-state index in [1.54, 1.807) is 12.1 Å². The van der Waals surface area contributed by atoms with E-state index in [1.165, 1.54) is 0 Å². The van der Waals surface area contributed by atoms with Crippen molar-refractivity contribution >= 4 is 11.7 Å². The van der Waals surface area contributed by atoms with Crippen molar-refractivity contribution in [3.05, 3.63) is 106 Å². The second-order valence-corrected chi connectivity index (χ2v) is 6.81. The van der Waals surface area contributed by atoms with Gasteiger partial charge >= 0.3 is 0 Å². The third kappa shape index (κ3) is 4.76. The number of hydrogen-bond acceptors (Lipinski definition) is 3. The van der Waals surface area contributed by atoms with Crippen molar-refractivity contribution in [1.82, 2.24) is 5.32 Å². The number of aliphatic imine (C=N–C) groups is 1. The van der Waals surface area contributed by atoms with E-state index < -0.39 is 0 Å². The molecule has 0 saturated carbocycles. The van der Waals surface area contributed by atoms with Gasteiger partial charge in [0, 0.05) is 39.9 Å². The fourth-order valence-electron chi connectivity index (χ4n) is 3.00. The Balaban J connectivity index is 1.47. The van der Waals surface area contributed by atoms with Gasteiger partial charge in [-0.3, -0.25) is 10.4 Å². The number of nitrogens with two attached hydrogens (primary N) is 1. The Hall–Kier alpha value is -4.28. The van der Waals surface area contributed by atoms with Gasteiger partial charge in [0.1, 0.15) is 11.7 Å². The predicted octanol–water partition coefficient (Wildman–Crippen LogP) is 3.12. The maximum Gasteiger partial charge on any atom is 0.128 e. The lowest BCUT2D eigenvalue weighted by Crippen LogP contribution is -2.19. The molecule has 30 heavy (non-hydrogen) atoms. The van der Waals surface area contributed by atoms with Gasteiger partial charge in [-0.25, -0.2) is 0 Å². The van der Waals surface area contributed by atoms with E-state index >= 15 is 0 Å². The predicted molar refractivity (Wildman–Crippen MR) is 122 cm³/mol. The van der Waals surface area contributed by atoms with Crippen LogP contribution in [0.3, 0.4) is 0 Å². The van der Waals surface area contributed by atoms with Gasteiger partial charge in [-0.1, -0.05) is 54.0 Å². The van der Waals surface area contributed by atoms with E-state index in [2.05, 4.69) is 34.0 Å². The molecule has 0 radical (unpaired) electrons. The maximum atomic E-state index is 7.44. The van der Waals surface area contributed by atoms with Gasteiger partial charge in [0.25, 0.3) is 0 Å². The second kappa shape index (κ2) is 8.82. The summed E-state index contributed by atoms with van der Waals surface area (Å²) in [5.74, 6) is 13.7. The highest BCUT2D eigenvalue weighted by molar-refractivity contribution is 5.99. The highest BCUT2D eigenvalue weighted by Gasteiger charge is 2.06. The molecular formula is C26H20N4. The third-order valence-corrected chi connectivity index (χ3v) is 4.59. The first-order valence-electron chi connectivity index (χ1n) is 9.65. The summed E-state index contributed by atoms with van der Waals surface area (Å²) < 4.78 is 0. The lowest BCUT2D eigenvalue weighted by molar-refractivity contribution is 0.960. The summed E-state index contributed by atoms with van der Waals surface area (Å²) in [7, 11) is 0. The van der Waals surface area contributed by atoms with E-state index in [0.717, 1.165) is 46.7 Å². The van der Waals surface area contributed by atoms with E-state index in [9.17, 15) is 0 Å². The van der Waals surface area contributed by atoms with Crippen LogP contribution in [0.2, 0.25) is 0 Å². The van der Waals surface area contributed by atoms with E-state index in [1.807, 2.05) is 60.7 Å². The van der Waals surface area contributed by atoms with Crippen LogP contribution in [0.5, 0.6) is 0 Å². The highest BCUT2D eigenvalue weighted by atomic mass is 15.1. The van der Waals surface area contributed by atoms with Crippen LogP contribution >= 0.6 is 0 Å². The normalized spacial score (nSPS) is 11.9. The Morgan fingerprint density at radius 3 is 1.90 bits per heavy atom. The zero-order valence-corrected chi connectivity index (χ0v) is 16.4. The van der Waals surface area contributed by atoms with Gasteiger partial charge in [-0.15, -0.1) is 0 Å². The molecule has 0 spiro atoms. The summed E-state index contributed by atoms with van der Waals surface area (Å²) in [6.07, 6.45) is 0. The summed E-state index contributed by atoms with van der Waals surface area (Å²) in [6, 6.07) is 23.3. The molecule has 1 aliphatic heterocycles. The molecule has 0 fully saturated rings. The third-order valence-electron chi connectivity index (χ3n) is 4.59. The molecule has 3 aromatic carbocycles. The van der Waals surface area contributed by atoms with Crippen LogP contribution in [-0.4, -0.2) is 24.8 Å². The van der Waals surface area contributed by atoms with Crippen molar-refractivity contribution in [3.8, 4) is 23.7 Å². The number of rotatable bonds is 2. The second-order valence-electron chi connectivity index (χ2n) is 6.81. The average Bonchev–Trinajstić information content (AvgIpc) is 3.32. The van der Waals surface area contributed by atoms with E-state index in [0.29, 0.717) is 5.56 Å². The summed E-state index contributed by atoms with van der Waals surface area (Å²) in [4.78, 5) is 4.43. The molecular weight excluding hydrogens is 368 g/mol. The first-order valence-corrected chi connectivity index (χ1v) is 9.65. The molecule has 0 unspecified atom stereocenters. The number of benzene rings is 3. The summed E-state index contributed by atoms with van der Waals surface area (Å²) in [6.45, 7) is 1.74. The molecule has 0 bridgehead atoms. The molecule has 4 heteroatoms. The lowest BCUT2D eigenvalue weighted by atomic mass is 10.1. The molecule has 144 valence electrons. The van der Waals surface area contributed by atoms with Crippen molar-refractivity contribution in [1.29, 1.82) is 5.41 Å². The molecule has 4 N–H and O–H groups in total. The molecule has 3 aromatic rings. The number of nitrogens with zero attached hydrogens (tertiary/aromatic N) is 1. The molecule has 0 amide bonds. The van der Waals surface area contributed by atoms with E-state index in [-0.39, 0.29) is 5.84 Å². The van der Waals surface area contributed by atoms with Gasteiger partial charge in [0.05, 0.1) is 6.54 Å². The zero-order chi connectivity index (χ0) is 20.8. The lowest BCUT2D eigenvalue weighted by Gasteiger charge is -2.01. The largest absolute Gasteiger partial charge is 0.384 e. The quantitative estimate of drug-likeness (QED) is 0.358. The van der Waals surface area contributed by atoms with Crippen LogP contribution in [0.4, 0.5) is 0 Å². The Kier molecular flexibility index (Phi) is 5.60. The standard InChI is InChI=1S/C26H20N4/c27-25(28)23-12-8-19(9-13-23)4-6-21-2-1-3-22(18-21)7-5-20-10-14-24(15-11-20)26-29-16-17-30-26/h1-3,8-15,18H,16-17H2,(H3,27,28)(H,29,30). The smallest absolute Gasteiger partial charge is 0.128 e. The van der Waals surface area contributed by atoms with Crippen LogP contribution in [-0.2, 0) is 0 Å². The number of amidine groups is 2. The van der Waals surface area contributed by atoms with Crippen LogP contribution in [0, 0.1) is 29.1 Å². The fourth-order valence-corrected chi connectivity index (χ4v) is 3.00. The van der Waals surface area contributed by atoms with E-state index in [4.69, 9.17) is 11.1 Å². The van der Waals surface area contributed by atoms with Crippen LogP contribution in [0.25, 0.3) is 0 Å². The molecule has 1 heterocycles. The molecule has 0 saturated heterocycles.